The molecule has 6 aromatic rings. The summed E-state index contributed by atoms with van der Waals surface area (Å²) in [5.41, 5.74) is 3.71. The third-order valence-corrected chi connectivity index (χ3v) is 8.43. The predicted octanol–water partition coefficient (Wildman–Crippen LogP) is 7.34. The molecule has 12 nitrogen and oxygen atoms in total. The summed E-state index contributed by atoms with van der Waals surface area (Å²) in [5.74, 6) is 2.16. The molecule has 0 saturated heterocycles. The van der Waals surface area contributed by atoms with Crippen molar-refractivity contribution in [3.05, 3.63) is 102 Å². The average molecular weight is 733 g/mol. The molecule has 0 bridgehead atoms. The van der Waals surface area contributed by atoms with E-state index in [9.17, 15) is 21.6 Å². The lowest BCUT2D eigenvalue weighted by Crippen LogP contribution is -2.14. The minimum atomic E-state index is -4.34. The van der Waals surface area contributed by atoms with Crippen molar-refractivity contribution in [3.63, 3.8) is 0 Å². The number of hydrogen-bond donors (Lipinski definition) is 4. The summed E-state index contributed by atoms with van der Waals surface area (Å²) >= 11 is 0. The molecule has 0 amide bonds. The molecule has 0 aliphatic heterocycles. The van der Waals surface area contributed by atoms with Crippen LogP contribution in [0.3, 0.4) is 0 Å². The first-order chi connectivity index (χ1) is 24.7. The van der Waals surface area contributed by atoms with Gasteiger partial charge in [0.1, 0.15) is 11.0 Å². The van der Waals surface area contributed by atoms with Crippen LogP contribution in [-0.2, 0) is 29.1 Å². The van der Waals surface area contributed by atoms with E-state index in [4.69, 9.17) is 0 Å². The Hall–Kier alpha value is -5.64. The van der Waals surface area contributed by atoms with Gasteiger partial charge < -0.3 is 21.3 Å². The molecule has 6 rings (SSSR count). The Morgan fingerprint density at radius 1 is 0.635 bits per heavy atom. The molecule has 272 valence electrons. The fourth-order valence-corrected chi connectivity index (χ4v) is 5.49. The van der Waals surface area contributed by atoms with Crippen molar-refractivity contribution in [2.45, 2.75) is 63.9 Å². The van der Waals surface area contributed by atoms with E-state index in [1.54, 1.807) is 42.7 Å². The summed E-state index contributed by atoms with van der Waals surface area (Å²) in [6.07, 6.45) is 0.205. The molecule has 16 heteroatoms. The van der Waals surface area contributed by atoms with E-state index in [0.29, 0.717) is 63.6 Å². The average Bonchev–Trinajstić information content (AvgIpc) is 3.09. The van der Waals surface area contributed by atoms with Crippen LogP contribution in [0.15, 0.2) is 90.1 Å². The van der Waals surface area contributed by atoms with Crippen LogP contribution >= 0.6 is 0 Å². The first-order valence-corrected chi connectivity index (χ1v) is 18.3. The highest BCUT2D eigenvalue weighted by atomic mass is 32.2. The molecule has 0 spiro atoms. The number of anilines is 4. The largest absolute Gasteiger partial charge is 0.416 e. The molecule has 0 radical (unpaired) electrons. The molecule has 0 atom stereocenters. The van der Waals surface area contributed by atoms with Crippen LogP contribution in [0.25, 0.3) is 22.1 Å². The lowest BCUT2D eigenvalue weighted by molar-refractivity contribution is -0.137. The summed E-state index contributed by atoms with van der Waals surface area (Å²) in [5, 5.41) is 12.8. The van der Waals surface area contributed by atoms with Gasteiger partial charge in [0.15, 0.2) is 21.5 Å². The number of nitrogens with one attached hydrogen (secondary N) is 4. The Kier molecular flexibility index (Phi) is 11.7. The number of sulfone groups is 1. The standard InChI is InChI=1S/C18H18F3N5.C18H21N5O2S/c1-11(2)24-17-25-14-4-3-9-22-15(14)16(26-17)23-10-12-5-7-13(8-6-12)18(19,20)21;1-12(2)21-18-22-15-5-4-10-19-16(15)17(23-18)20-11-13-6-8-14(9-7-13)26(3,24)25/h3-9,11H,10H2,1-2H3,(H2,23,24,25,26);4-10,12H,11H2,1-3H3,(H2,20,21,22,23). The summed E-state index contributed by atoms with van der Waals surface area (Å²) in [6.45, 7) is 8.81. The number of rotatable bonds is 11. The Morgan fingerprint density at radius 3 is 1.44 bits per heavy atom. The summed E-state index contributed by atoms with van der Waals surface area (Å²) in [4.78, 5) is 26.8. The zero-order chi connectivity index (χ0) is 37.5. The maximum Gasteiger partial charge on any atom is 0.416 e. The van der Waals surface area contributed by atoms with Crippen molar-refractivity contribution in [1.29, 1.82) is 0 Å². The zero-order valence-corrected chi connectivity index (χ0v) is 30.0. The summed E-state index contributed by atoms with van der Waals surface area (Å²) < 4.78 is 61.0. The first kappa shape index (κ1) is 37.6. The molecule has 0 fully saturated rings. The van der Waals surface area contributed by atoms with Crippen molar-refractivity contribution in [2.75, 3.05) is 27.5 Å². The number of fused-ring (bicyclic) bond motifs is 2. The molecular weight excluding hydrogens is 694 g/mol. The topological polar surface area (TPSA) is 160 Å². The second-order valence-corrected chi connectivity index (χ2v) is 14.5. The monoisotopic (exact) mass is 732 g/mol. The van der Waals surface area contributed by atoms with Crippen LogP contribution in [0, 0.1) is 0 Å². The Labute approximate surface area is 299 Å². The molecule has 2 aromatic carbocycles. The van der Waals surface area contributed by atoms with Crippen LogP contribution in [0.1, 0.15) is 44.4 Å². The number of hydrogen-bond acceptors (Lipinski definition) is 12. The summed E-state index contributed by atoms with van der Waals surface area (Å²) in [7, 11) is -3.19. The van der Waals surface area contributed by atoms with Crippen LogP contribution in [0.5, 0.6) is 0 Å². The van der Waals surface area contributed by atoms with E-state index in [1.807, 2.05) is 45.9 Å². The van der Waals surface area contributed by atoms with Gasteiger partial charge in [0.05, 0.1) is 21.5 Å². The highest BCUT2D eigenvalue weighted by molar-refractivity contribution is 7.90. The van der Waals surface area contributed by atoms with Gasteiger partial charge in [-0.15, -0.1) is 0 Å². The Bertz CT molecular complexity index is 2230. The van der Waals surface area contributed by atoms with Gasteiger partial charge in [-0.05, 0) is 87.4 Å². The quantitative estimate of drug-likeness (QED) is 0.105. The van der Waals surface area contributed by atoms with E-state index < -0.39 is 21.6 Å². The van der Waals surface area contributed by atoms with Gasteiger partial charge in [0.25, 0.3) is 0 Å². The Morgan fingerprint density at radius 2 is 1.06 bits per heavy atom. The highest BCUT2D eigenvalue weighted by Gasteiger charge is 2.29. The van der Waals surface area contributed by atoms with E-state index in [0.717, 1.165) is 23.2 Å². The lowest BCUT2D eigenvalue weighted by Gasteiger charge is -2.13. The number of aromatic nitrogens is 6. The van der Waals surface area contributed by atoms with Crippen LogP contribution in [0.2, 0.25) is 0 Å². The van der Waals surface area contributed by atoms with Gasteiger partial charge in [0, 0.05) is 43.8 Å². The number of halogens is 3. The van der Waals surface area contributed by atoms with Crippen molar-refractivity contribution in [3.8, 4) is 0 Å². The molecule has 0 aliphatic carbocycles. The van der Waals surface area contributed by atoms with E-state index in [-0.39, 0.29) is 12.1 Å². The fraction of sp³-hybridized carbons (Fsp3) is 0.278. The maximum atomic E-state index is 12.6. The first-order valence-electron chi connectivity index (χ1n) is 16.4. The van der Waals surface area contributed by atoms with Crippen LogP contribution in [0.4, 0.5) is 36.7 Å². The van der Waals surface area contributed by atoms with Crippen molar-refractivity contribution in [1.82, 2.24) is 29.9 Å². The van der Waals surface area contributed by atoms with Gasteiger partial charge in [0.2, 0.25) is 11.9 Å². The third-order valence-electron chi connectivity index (χ3n) is 7.30. The number of pyridine rings is 2. The van der Waals surface area contributed by atoms with E-state index in [2.05, 4.69) is 51.2 Å². The SMILES string of the molecule is CC(C)Nc1nc(NCc2ccc(C(F)(F)F)cc2)c2ncccc2n1.CC(C)Nc1nc(NCc2ccc(S(C)(=O)=O)cc2)c2ncccc2n1. The summed E-state index contributed by atoms with van der Waals surface area (Å²) in [6, 6.07) is 19.5. The van der Waals surface area contributed by atoms with Gasteiger partial charge in [-0.2, -0.15) is 23.1 Å². The van der Waals surface area contributed by atoms with Gasteiger partial charge in [-0.3, -0.25) is 9.97 Å². The fourth-order valence-electron chi connectivity index (χ4n) is 4.86. The highest BCUT2D eigenvalue weighted by Crippen LogP contribution is 2.29. The second kappa shape index (κ2) is 16.1. The molecule has 0 aliphatic rings. The van der Waals surface area contributed by atoms with Gasteiger partial charge in [-0.25, -0.2) is 18.4 Å². The van der Waals surface area contributed by atoms with E-state index >= 15 is 0 Å². The second-order valence-electron chi connectivity index (χ2n) is 12.4. The van der Waals surface area contributed by atoms with E-state index in [1.165, 1.54) is 18.4 Å². The Balaban J connectivity index is 0.000000201. The molecule has 0 saturated carbocycles. The van der Waals surface area contributed by atoms with Crippen molar-refractivity contribution < 1.29 is 21.6 Å². The number of alkyl halides is 3. The normalized spacial score (nSPS) is 11.7. The minimum Gasteiger partial charge on any atom is -0.364 e. The minimum absolute atomic E-state index is 0.159. The van der Waals surface area contributed by atoms with Crippen LogP contribution in [-0.4, -0.2) is 56.7 Å². The smallest absolute Gasteiger partial charge is 0.364 e. The van der Waals surface area contributed by atoms with Crippen molar-refractivity contribution in [2.24, 2.45) is 0 Å². The van der Waals surface area contributed by atoms with Crippen LogP contribution < -0.4 is 21.3 Å². The lowest BCUT2D eigenvalue weighted by atomic mass is 10.1. The molecule has 0 unspecified atom stereocenters. The zero-order valence-electron chi connectivity index (χ0n) is 29.2. The predicted molar refractivity (Wildman–Crippen MR) is 198 cm³/mol. The third kappa shape index (κ3) is 10.2. The molecule has 4 aromatic heterocycles. The van der Waals surface area contributed by atoms with Gasteiger partial charge in [-0.1, -0.05) is 24.3 Å². The molecule has 4 heterocycles. The number of nitrogens with zero attached hydrogens (tertiary/aromatic N) is 6. The van der Waals surface area contributed by atoms with Gasteiger partial charge >= 0.3 is 6.18 Å². The number of benzene rings is 2. The molecule has 52 heavy (non-hydrogen) atoms. The van der Waals surface area contributed by atoms with Crippen molar-refractivity contribution >= 4 is 55.4 Å². The maximum absolute atomic E-state index is 12.6. The molecule has 4 N–H and O–H groups in total. The molecular formula is C36H39F3N10O2S.